The van der Waals surface area contributed by atoms with Gasteiger partial charge in [0, 0.05) is 13.6 Å². The fraction of sp³-hybridized carbons (Fsp3) is 0.125. The molecule has 0 saturated carbocycles. The molecule has 0 fully saturated rings. The predicted molar refractivity (Wildman–Crippen MR) is 96.0 cm³/mol. The quantitative estimate of drug-likeness (QED) is 0.543. The zero-order chi connectivity index (χ0) is 17.6. The zero-order valence-corrected chi connectivity index (χ0v) is 14.1. The van der Waals surface area contributed by atoms with E-state index in [1.165, 1.54) is 16.3 Å². The van der Waals surface area contributed by atoms with Crippen LogP contribution in [-0.4, -0.2) is 29.1 Å². The maximum Gasteiger partial charge on any atom is 0.329 e. The van der Waals surface area contributed by atoms with Gasteiger partial charge in [-0.05, 0) is 23.9 Å². The van der Waals surface area contributed by atoms with Crippen molar-refractivity contribution in [1.82, 2.24) is 29.1 Å². The summed E-state index contributed by atoms with van der Waals surface area (Å²) in [5, 5.41) is 1.21. The number of benzene rings is 1. The number of H-pyrrole nitrogens is 2. The van der Waals surface area contributed by atoms with Crippen LogP contribution in [0.25, 0.3) is 22.2 Å². The van der Waals surface area contributed by atoms with Crippen LogP contribution in [0.2, 0.25) is 0 Å². The maximum absolute atomic E-state index is 12.3. The molecule has 0 amide bonds. The van der Waals surface area contributed by atoms with Crippen LogP contribution in [0.3, 0.4) is 0 Å². The minimum Gasteiger partial charge on any atom is -0.333 e. The first kappa shape index (κ1) is 15.5. The zero-order valence-electron chi connectivity index (χ0n) is 13.3. The number of aryl methyl sites for hydroxylation is 1. The summed E-state index contributed by atoms with van der Waals surface area (Å²) in [5.41, 5.74) is 1.46. The fourth-order valence-electron chi connectivity index (χ4n) is 2.66. The summed E-state index contributed by atoms with van der Waals surface area (Å²) in [7, 11) is 1.57. The Hall–Kier alpha value is -3.07. The van der Waals surface area contributed by atoms with E-state index in [0.29, 0.717) is 28.0 Å². The van der Waals surface area contributed by atoms with Gasteiger partial charge in [0.25, 0.3) is 5.56 Å². The Balaban J connectivity index is 1.91. The highest BCUT2D eigenvalue weighted by atomic mass is 32.2. The maximum atomic E-state index is 12.3. The van der Waals surface area contributed by atoms with Crippen LogP contribution in [0.5, 0.6) is 0 Å². The van der Waals surface area contributed by atoms with Crippen LogP contribution in [-0.2, 0) is 13.6 Å². The number of nitrogens with zero attached hydrogens (tertiary/aromatic N) is 4. The first-order valence-electron chi connectivity index (χ1n) is 7.51. The van der Waals surface area contributed by atoms with Gasteiger partial charge in [0.1, 0.15) is 0 Å². The topological polar surface area (TPSA) is 101 Å². The van der Waals surface area contributed by atoms with Crippen molar-refractivity contribution in [3.05, 3.63) is 57.8 Å². The highest BCUT2D eigenvalue weighted by Crippen LogP contribution is 2.28. The number of hydrogen-bond donors (Lipinski definition) is 2. The Kier molecular flexibility index (Phi) is 3.57. The minimum absolute atomic E-state index is 0.328. The molecule has 1 aromatic carbocycles. The smallest absolute Gasteiger partial charge is 0.329 e. The first-order chi connectivity index (χ1) is 12.1. The lowest BCUT2D eigenvalue weighted by Crippen LogP contribution is -2.29. The van der Waals surface area contributed by atoms with Crippen molar-refractivity contribution in [2.75, 3.05) is 0 Å². The second-order valence-corrected chi connectivity index (χ2v) is 6.40. The molecule has 0 atom stereocenters. The third-order valence-corrected chi connectivity index (χ3v) is 4.72. The Labute approximate surface area is 145 Å². The van der Waals surface area contributed by atoms with Crippen molar-refractivity contribution in [2.45, 2.75) is 16.9 Å². The normalized spacial score (nSPS) is 11.4. The van der Waals surface area contributed by atoms with Gasteiger partial charge in [0.15, 0.2) is 21.5 Å². The van der Waals surface area contributed by atoms with E-state index in [4.69, 9.17) is 0 Å². The summed E-state index contributed by atoms with van der Waals surface area (Å²) >= 11 is 1.30. The highest BCUT2D eigenvalue weighted by Gasteiger charge is 2.18. The monoisotopic (exact) mass is 354 g/mol. The average molecular weight is 354 g/mol. The molecule has 0 saturated heterocycles. The Morgan fingerprint density at radius 2 is 2.04 bits per heavy atom. The van der Waals surface area contributed by atoms with Gasteiger partial charge in [-0.25, -0.2) is 14.8 Å². The van der Waals surface area contributed by atoms with E-state index in [-0.39, 0.29) is 0 Å². The molecule has 8 nitrogen and oxygen atoms in total. The van der Waals surface area contributed by atoms with Crippen LogP contribution >= 0.6 is 11.8 Å². The number of aromatic nitrogens is 6. The van der Waals surface area contributed by atoms with Gasteiger partial charge in [-0.2, -0.15) is 0 Å². The van der Waals surface area contributed by atoms with E-state index in [2.05, 4.69) is 26.5 Å². The van der Waals surface area contributed by atoms with Gasteiger partial charge in [-0.3, -0.25) is 14.3 Å². The van der Waals surface area contributed by atoms with Crippen LogP contribution < -0.4 is 11.2 Å². The first-order valence-corrected chi connectivity index (χ1v) is 8.33. The van der Waals surface area contributed by atoms with Gasteiger partial charge in [0.2, 0.25) is 0 Å². The minimum atomic E-state index is -0.499. The molecule has 9 heteroatoms. The Bertz CT molecular complexity index is 1200. The Morgan fingerprint density at radius 1 is 1.24 bits per heavy atom. The summed E-state index contributed by atoms with van der Waals surface area (Å²) in [6, 6.07) is 7.70. The van der Waals surface area contributed by atoms with E-state index in [1.54, 1.807) is 17.7 Å². The van der Waals surface area contributed by atoms with Crippen molar-refractivity contribution in [2.24, 2.45) is 7.05 Å². The molecule has 0 radical (unpaired) electrons. The van der Waals surface area contributed by atoms with Gasteiger partial charge >= 0.3 is 5.69 Å². The lowest BCUT2D eigenvalue weighted by Gasteiger charge is -2.03. The lowest BCUT2D eigenvalue weighted by atomic mass is 10.3. The second-order valence-electron chi connectivity index (χ2n) is 5.45. The molecule has 0 bridgehead atoms. The standard InChI is InChI=1S/C16H14N6O2S/c1-3-8-22-11-12(21(2)15(24)20-13(11)23)19-16(22)25-14-17-9-6-4-5-7-10(9)18-14/h3-7H,1,8H2,2H3,(H,17,18)(H,20,23,24). The van der Waals surface area contributed by atoms with Crippen LogP contribution in [0, 0.1) is 0 Å². The molecule has 25 heavy (non-hydrogen) atoms. The number of fused-ring (bicyclic) bond motifs is 2. The third kappa shape index (κ3) is 2.49. The van der Waals surface area contributed by atoms with Crippen molar-refractivity contribution in [1.29, 1.82) is 0 Å². The molecule has 2 N–H and O–H groups in total. The van der Waals surface area contributed by atoms with Gasteiger partial charge < -0.3 is 9.55 Å². The molecular formula is C16H14N6O2S. The molecular weight excluding hydrogens is 340 g/mol. The molecule has 0 aliphatic rings. The summed E-state index contributed by atoms with van der Waals surface area (Å²) in [5.74, 6) is 0. The number of imidazole rings is 2. The second kappa shape index (κ2) is 5.78. The van der Waals surface area contributed by atoms with Crippen LogP contribution in [0.1, 0.15) is 0 Å². The van der Waals surface area contributed by atoms with Crippen molar-refractivity contribution in [3.8, 4) is 0 Å². The molecule has 4 aromatic rings. The van der Waals surface area contributed by atoms with Gasteiger partial charge in [0.05, 0.1) is 11.0 Å². The fourth-order valence-corrected chi connectivity index (χ4v) is 3.54. The van der Waals surface area contributed by atoms with E-state index >= 15 is 0 Å². The molecule has 0 aliphatic heterocycles. The summed E-state index contributed by atoms with van der Waals surface area (Å²) in [6.07, 6.45) is 1.67. The van der Waals surface area contributed by atoms with Crippen LogP contribution in [0.15, 0.2) is 56.8 Å². The van der Waals surface area contributed by atoms with Crippen molar-refractivity contribution < 1.29 is 0 Å². The highest BCUT2D eigenvalue weighted by molar-refractivity contribution is 7.99. The number of rotatable bonds is 4. The summed E-state index contributed by atoms with van der Waals surface area (Å²) in [6.45, 7) is 4.12. The molecule has 0 spiro atoms. The van der Waals surface area contributed by atoms with Gasteiger partial charge in [-0.15, -0.1) is 6.58 Å². The molecule has 0 aliphatic carbocycles. The molecule has 0 unspecified atom stereocenters. The van der Waals surface area contributed by atoms with E-state index < -0.39 is 11.2 Å². The number of aromatic amines is 2. The number of para-hydroxylation sites is 2. The van der Waals surface area contributed by atoms with E-state index in [9.17, 15) is 9.59 Å². The summed E-state index contributed by atoms with van der Waals surface area (Å²) < 4.78 is 3.04. The summed E-state index contributed by atoms with van der Waals surface area (Å²) in [4.78, 5) is 38.6. The average Bonchev–Trinajstić information content (AvgIpc) is 3.15. The third-order valence-electron chi connectivity index (χ3n) is 3.84. The van der Waals surface area contributed by atoms with Crippen LogP contribution in [0.4, 0.5) is 0 Å². The van der Waals surface area contributed by atoms with Crippen molar-refractivity contribution >= 4 is 34.0 Å². The predicted octanol–water partition coefficient (Wildman–Crippen LogP) is 1.64. The molecule has 3 aromatic heterocycles. The largest absolute Gasteiger partial charge is 0.333 e. The molecule has 4 rings (SSSR count). The van der Waals surface area contributed by atoms with E-state index in [1.807, 2.05) is 24.3 Å². The number of hydrogen-bond acceptors (Lipinski definition) is 5. The van der Waals surface area contributed by atoms with Gasteiger partial charge in [-0.1, -0.05) is 18.2 Å². The lowest BCUT2D eigenvalue weighted by molar-refractivity contribution is 0.743. The molecule has 126 valence electrons. The number of allylic oxidation sites excluding steroid dienone is 1. The SMILES string of the molecule is C=CCn1c(Sc2nc3ccccc3[nH]2)nc2c1c(=O)[nH]c(=O)n2C. The number of nitrogens with one attached hydrogen (secondary N) is 2. The van der Waals surface area contributed by atoms with Crippen molar-refractivity contribution in [3.63, 3.8) is 0 Å². The Morgan fingerprint density at radius 3 is 2.80 bits per heavy atom. The van der Waals surface area contributed by atoms with E-state index in [0.717, 1.165) is 11.0 Å². The molecule has 3 heterocycles.